The van der Waals surface area contributed by atoms with E-state index in [9.17, 15) is 0 Å². The van der Waals surface area contributed by atoms with Crippen molar-refractivity contribution in [2.24, 2.45) is 0 Å². The molecule has 5 heteroatoms. The SMILES string of the molecule is CC.CCCOc1ccccn1.CN(C)CCOc1ccccn1. The van der Waals surface area contributed by atoms with Crippen molar-refractivity contribution in [3.63, 3.8) is 0 Å². The first kappa shape index (κ1) is 21.9. The molecule has 0 saturated heterocycles. The van der Waals surface area contributed by atoms with Gasteiger partial charge in [0.1, 0.15) is 6.61 Å². The molecule has 0 amide bonds. The second-order valence-corrected chi connectivity index (χ2v) is 4.84. The van der Waals surface area contributed by atoms with Crippen molar-refractivity contribution in [3.8, 4) is 11.8 Å². The molecule has 0 aromatic carbocycles. The van der Waals surface area contributed by atoms with E-state index < -0.39 is 0 Å². The fourth-order valence-corrected chi connectivity index (χ4v) is 1.40. The largest absolute Gasteiger partial charge is 0.478 e. The molecule has 5 nitrogen and oxygen atoms in total. The maximum Gasteiger partial charge on any atom is 0.213 e. The Morgan fingerprint density at radius 2 is 1.33 bits per heavy atom. The summed E-state index contributed by atoms with van der Waals surface area (Å²) in [4.78, 5) is 10.1. The van der Waals surface area contributed by atoms with Crippen molar-refractivity contribution in [1.82, 2.24) is 14.9 Å². The monoisotopic (exact) mass is 333 g/mol. The summed E-state index contributed by atoms with van der Waals surface area (Å²) in [6, 6.07) is 11.3. The van der Waals surface area contributed by atoms with Crippen LogP contribution in [0.25, 0.3) is 0 Å². The fourth-order valence-electron chi connectivity index (χ4n) is 1.40. The summed E-state index contributed by atoms with van der Waals surface area (Å²) in [5, 5.41) is 0. The van der Waals surface area contributed by atoms with Crippen molar-refractivity contribution in [1.29, 1.82) is 0 Å². The molecule has 0 saturated carbocycles. The standard InChI is InChI=1S/C9H14N2O.C8H11NO.C2H6/c1-11(2)7-8-12-9-5-3-4-6-10-9;1-2-7-10-8-5-3-4-6-9-8;1-2/h3-6H,7-8H2,1-2H3;3-6H,2,7H2,1H3;1-2H3. The van der Waals surface area contributed by atoms with E-state index in [0.29, 0.717) is 18.4 Å². The third kappa shape index (κ3) is 12.4. The molecular weight excluding hydrogens is 302 g/mol. The molecule has 2 rings (SSSR count). The minimum Gasteiger partial charge on any atom is -0.478 e. The summed E-state index contributed by atoms with van der Waals surface area (Å²) >= 11 is 0. The first-order chi connectivity index (χ1) is 11.7. The molecule has 2 heterocycles. The summed E-state index contributed by atoms with van der Waals surface area (Å²) in [6.45, 7) is 8.42. The van der Waals surface area contributed by atoms with E-state index >= 15 is 0 Å². The van der Waals surface area contributed by atoms with Crippen LogP contribution < -0.4 is 9.47 Å². The van der Waals surface area contributed by atoms with E-state index in [1.54, 1.807) is 12.4 Å². The first-order valence-electron chi connectivity index (χ1n) is 8.44. The van der Waals surface area contributed by atoms with Gasteiger partial charge in [0, 0.05) is 31.1 Å². The van der Waals surface area contributed by atoms with Gasteiger partial charge in [0.25, 0.3) is 0 Å². The Morgan fingerprint density at radius 1 is 0.833 bits per heavy atom. The first-order valence-corrected chi connectivity index (χ1v) is 8.44. The highest BCUT2D eigenvalue weighted by atomic mass is 16.5. The molecule has 0 aliphatic carbocycles. The van der Waals surface area contributed by atoms with Crippen LogP contribution in [0.1, 0.15) is 27.2 Å². The Kier molecular flexibility index (Phi) is 14.3. The van der Waals surface area contributed by atoms with E-state index in [1.165, 1.54) is 0 Å². The lowest BCUT2D eigenvalue weighted by Gasteiger charge is -2.09. The zero-order valence-corrected chi connectivity index (χ0v) is 15.6. The van der Waals surface area contributed by atoms with Crippen molar-refractivity contribution in [2.75, 3.05) is 33.9 Å². The lowest BCUT2D eigenvalue weighted by molar-refractivity contribution is 0.254. The number of ether oxygens (including phenoxy) is 2. The van der Waals surface area contributed by atoms with Gasteiger partial charge in [-0.2, -0.15) is 0 Å². The quantitative estimate of drug-likeness (QED) is 0.768. The Balaban J connectivity index is 0.000000405. The van der Waals surface area contributed by atoms with E-state index in [0.717, 1.165) is 19.6 Å². The number of pyridine rings is 2. The molecule has 134 valence electrons. The third-order valence-electron chi connectivity index (χ3n) is 2.52. The lowest BCUT2D eigenvalue weighted by atomic mass is 10.5. The molecule has 0 fully saturated rings. The average molecular weight is 333 g/mol. The summed E-state index contributed by atoms with van der Waals surface area (Å²) in [7, 11) is 4.03. The van der Waals surface area contributed by atoms with Crippen LogP contribution in [-0.2, 0) is 0 Å². The van der Waals surface area contributed by atoms with Crippen LogP contribution in [0.15, 0.2) is 48.8 Å². The highest BCUT2D eigenvalue weighted by Gasteiger charge is 1.93. The van der Waals surface area contributed by atoms with Crippen LogP contribution in [-0.4, -0.2) is 48.7 Å². The van der Waals surface area contributed by atoms with E-state index in [4.69, 9.17) is 9.47 Å². The topological polar surface area (TPSA) is 47.5 Å². The lowest BCUT2D eigenvalue weighted by Crippen LogP contribution is -2.19. The molecule has 0 aliphatic rings. The zero-order chi connectivity index (χ0) is 18.0. The van der Waals surface area contributed by atoms with E-state index in [-0.39, 0.29) is 0 Å². The second kappa shape index (κ2) is 15.7. The molecular formula is C19H31N3O2. The molecule has 0 aliphatic heterocycles. The number of likely N-dealkylation sites (N-methyl/N-ethyl adjacent to an activating group) is 1. The van der Waals surface area contributed by atoms with Gasteiger partial charge in [-0.05, 0) is 32.6 Å². The molecule has 2 aromatic heterocycles. The highest BCUT2D eigenvalue weighted by molar-refractivity contribution is 5.09. The predicted molar refractivity (Wildman–Crippen MR) is 99.7 cm³/mol. The minimum absolute atomic E-state index is 0.685. The molecule has 0 bridgehead atoms. The third-order valence-corrected chi connectivity index (χ3v) is 2.52. The summed E-state index contributed by atoms with van der Waals surface area (Å²) in [5.74, 6) is 1.41. The fraction of sp³-hybridized carbons (Fsp3) is 0.474. The van der Waals surface area contributed by atoms with Gasteiger partial charge in [-0.3, -0.25) is 0 Å². The summed E-state index contributed by atoms with van der Waals surface area (Å²) in [6.07, 6.45) is 4.48. The number of hydrogen-bond acceptors (Lipinski definition) is 5. The molecule has 0 atom stereocenters. The van der Waals surface area contributed by atoms with E-state index in [1.807, 2.05) is 64.3 Å². The minimum atomic E-state index is 0.685. The predicted octanol–water partition coefficient (Wildman–Crippen LogP) is 3.92. The van der Waals surface area contributed by atoms with Crippen molar-refractivity contribution >= 4 is 0 Å². The number of rotatable bonds is 7. The van der Waals surface area contributed by atoms with Gasteiger partial charge >= 0.3 is 0 Å². The summed E-state index contributed by atoms with van der Waals surface area (Å²) in [5.41, 5.74) is 0. The number of aromatic nitrogens is 2. The molecule has 0 N–H and O–H groups in total. The highest BCUT2D eigenvalue weighted by Crippen LogP contribution is 2.03. The van der Waals surface area contributed by atoms with Gasteiger partial charge in [0.15, 0.2) is 0 Å². The maximum absolute atomic E-state index is 5.36. The van der Waals surface area contributed by atoms with Gasteiger partial charge in [0.2, 0.25) is 11.8 Å². The van der Waals surface area contributed by atoms with Crippen LogP contribution in [0.3, 0.4) is 0 Å². The molecule has 0 spiro atoms. The second-order valence-electron chi connectivity index (χ2n) is 4.84. The number of nitrogens with zero attached hydrogens (tertiary/aromatic N) is 3. The van der Waals surface area contributed by atoms with E-state index in [2.05, 4.69) is 21.8 Å². The Hall–Kier alpha value is -2.14. The van der Waals surface area contributed by atoms with Crippen LogP contribution in [0.4, 0.5) is 0 Å². The van der Waals surface area contributed by atoms with Crippen LogP contribution in [0.5, 0.6) is 11.8 Å². The molecule has 0 radical (unpaired) electrons. The Morgan fingerprint density at radius 3 is 1.71 bits per heavy atom. The van der Waals surface area contributed by atoms with Gasteiger partial charge < -0.3 is 14.4 Å². The van der Waals surface area contributed by atoms with Crippen molar-refractivity contribution in [3.05, 3.63) is 48.8 Å². The van der Waals surface area contributed by atoms with Gasteiger partial charge in [-0.1, -0.05) is 32.9 Å². The van der Waals surface area contributed by atoms with Crippen LogP contribution >= 0.6 is 0 Å². The molecule has 0 unspecified atom stereocenters. The molecule has 24 heavy (non-hydrogen) atoms. The van der Waals surface area contributed by atoms with Gasteiger partial charge in [-0.15, -0.1) is 0 Å². The van der Waals surface area contributed by atoms with Crippen molar-refractivity contribution in [2.45, 2.75) is 27.2 Å². The Labute approximate surface area is 146 Å². The summed E-state index contributed by atoms with van der Waals surface area (Å²) < 4.78 is 10.6. The normalized spacial score (nSPS) is 9.25. The maximum atomic E-state index is 5.36. The van der Waals surface area contributed by atoms with Gasteiger partial charge in [0.05, 0.1) is 6.61 Å². The Bertz CT molecular complexity index is 478. The van der Waals surface area contributed by atoms with Crippen LogP contribution in [0, 0.1) is 0 Å². The average Bonchev–Trinajstić information content (AvgIpc) is 2.64. The molecule has 2 aromatic rings. The zero-order valence-electron chi connectivity index (χ0n) is 15.6. The smallest absolute Gasteiger partial charge is 0.213 e. The van der Waals surface area contributed by atoms with Crippen molar-refractivity contribution < 1.29 is 9.47 Å². The van der Waals surface area contributed by atoms with Crippen LogP contribution in [0.2, 0.25) is 0 Å². The van der Waals surface area contributed by atoms with Gasteiger partial charge in [-0.25, -0.2) is 9.97 Å². The number of hydrogen-bond donors (Lipinski definition) is 0.